The normalized spacial score (nSPS) is 9.81. The molecule has 0 fully saturated rings. The first-order valence-corrected chi connectivity index (χ1v) is 5.58. The molecule has 1 aromatic rings. The number of hydrogen-bond donors (Lipinski definition) is 1. The lowest BCUT2D eigenvalue weighted by molar-refractivity contribution is 0.313. The third kappa shape index (κ3) is 4.09. The standard InChI is InChI=1S/C12H15ClN2O/c1-15-9-10-4-5-12(11(13)8-10)16-7-3-2-6-14/h4-5,8,15H,2-3,7,9H2,1H3. The first kappa shape index (κ1) is 12.8. The van der Waals surface area contributed by atoms with Crippen molar-refractivity contribution in [2.75, 3.05) is 13.7 Å². The largest absolute Gasteiger partial charge is 0.492 e. The van der Waals surface area contributed by atoms with Gasteiger partial charge >= 0.3 is 0 Å². The fraction of sp³-hybridized carbons (Fsp3) is 0.417. The Morgan fingerprint density at radius 1 is 1.50 bits per heavy atom. The molecule has 0 bridgehead atoms. The second-order valence-corrected chi connectivity index (χ2v) is 3.81. The topological polar surface area (TPSA) is 45.0 Å². The first-order chi connectivity index (χ1) is 7.77. The third-order valence-electron chi connectivity index (χ3n) is 2.07. The van der Waals surface area contributed by atoms with Crippen LogP contribution in [0.1, 0.15) is 18.4 Å². The summed E-state index contributed by atoms with van der Waals surface area (Å²) < 4.78 is 5.47. The zero-order valence-electron chi connectivity index (χ0n) is 9.29. The summed E-state index contributed by atoms with van der Waals surface area (Å²) in [6, 6.07) is 7.80. The highest BCUT2D eigenvalue weighted by molar-refractivity contribution is 6.32. The summed E-state index contributed by atoms with van der Waals surface area (Å²) in [6.45, 7) is 1.31. The van der Waals surface area contributed by atoms with E-state index in [1.54, 1.807) is 0 Å². The zero-order valence-corrected chi connectivity index (χ0v) is 10.0. The number of halogens is 1. The Morgan fingerprint density at radius 3 is 2.94 bits per heavy atom. The van der Waals surface area contributed by atoms with Crippen molar-refractivity contribution >= 4 is 11.6 Å². The summed E-state index contributed by atoms with van der Waals surface area (Å²) in [5.74, 6) is 0.680. The van der Waals surface area contributed by atoms with Crippen molar-refractivity contribution in [3.8, 4) is 11.8 Å². The molecule has 0 aliphatic carbocycles. The highest BCUT2D eigenvalue weighted by Gasteiger charge is 2.02. The second kappa shape index (κ2) is 7.10. The summed E-state index contributed by atoms with van der Waals surface area (Å²) in [7, 11) is 1.89. The molecule has 0 saturated carbocycles. The summed E-state index contributed by atoms with van der Waals surface area (Å²) in [4.78, 5) is 0. The predicted octanol–water partition coefficient (Wildman–Crippen LogP) is 2.74. The van der Waals surface area contributed by atoms with Crippen molar-refractivity contribution < 1.29 is 4.74 Å². The lowest BCUT2D eigenvalue weighted by atomic mass is 10.2. The predicted molar refractivity (Wildman–Crippen MR) is 64.6 cm³/mol. The van der Waals surface area contributed by atoms with E-state index in [4.69, 9.17) is 21.6 Å². The van der Waals surface area contributed by atoms with E-state index in [9.17, 15) is 0 Å². The van der Waals surface area contributed by atoms with Gasteiger partial charge in [-0.1, -0.05) is 17.7 Å². The van der Waals surface area contributed by atoms with Crippen molar-refractivity contribution in [3.63, 3.8) is 0 Å². The van der Waals surface area contributed by atoms with E-state index in [-0.39, 0.29) is 0 Å². The van der Waals surface area contributed by atoms with Gasteiger partial charge < -0.3 is 10.1 Å². The van der Waals surface area contributed by atoms with Gasteiger partial charge in [0.25, 0.3) is 0 Å². The van der Waals surface area contributed by atoms with Gasteiger partial charge in [0.05, 0.1) is 17.7 Å². The Kier molecular flexibility index (Phi) is 5.69. The molecule has 0 aromatic heterocycles. The minimum absolute atomic E-state index is 0.509. The number of hydrogen-bond acceptors (Lipinski definition) is 3. The fourth-order valence-corrected chi connectivity index (χ4v) is 1.57. The van der Waals surface area contributed by atoms with Gasteiger partial charge in [-0.15, -0.1) is 0 Å². The molecule has 0 amide bonds. The highest BCUT2D eigenvalue weighted by atomic mass is 35.5. The van der Waals surface area contributed by atoms with Gasteiger partial charge in [-0.25, -0.2) is 0 Å². The van der Waals surface area contributed by atoms with E-state index in [1.165, 1.54) is 0 Å². The van der Waals surface area contributed by atoms with Crippen LogP contribution in [0.5, 0.6) is 5.75 Å². The van der Waals surface area contributed by atoms with Crippen LogP contribution < -0.4 is 10.1 Å². The number of nitriles is 1. The van der Waals surface area contributed by atoms with Gasteiger partial charge in [-0.3, -0.25) is 0 Å². The average molecular weight is 239 g/mol. The molecule has 0 radical (unpaired) electrons. The van der Waals surface area contributed by atoms with Crippen LogP contribution >= 0.6 is 11.6 Å². The summed E-state index contributed by atoms with van der Waals surface area (Å²) >= 11 is 6.06. The first-order valence-electron chi connectivity index (χ1n) is 5.20. The number of unbranched alkanes of at least 4 members (excludes halogenated alkanes) is 1. The minimum Gasteiger partial charge on any atom is -0.492 e. The fourth-order valence-electron chi connectivity index (χ4n) is 1.31. The van der Waals surface area contributed by atoms with Gasteiger partial charge in [0.2, 0.25) is 0 Å². The van der Waals surface area contributed by atoms with Crippen LogP contribution in [0.25, 0.3) is 0 Å². The van der Waals surface area contributed by atoms with Crippen LogP contribution in [0, 0.1) is 11.3 Å². The quantitative estimate of drug-likeness (QED) is 0.776. The van der Waals surface area contributed by atoms with E-state index < -0.39 is 0 Å². The van der Waals surface area contributed by atoms with E-state index in [0.29, 0.717) is 23.8 Å². The Labute approximate surface area is 101 Å². The molecule has 0 aliphatic heterocycles. The molecule has 16 heavy (non-hydrogen) atoms. The molecular weight excluding hydrogens is 224 g/mol. The van der Waals surface area contributed by atoms with Crippen molar-refractivity contribution in [2.45, 2.75) is 19.4 Å². The summed E-state index contributed by atoms with van der Waals surface area (Å²) in [5, 5.41) is 12.0. The summed E-state index contributed by atoms with van der Waals surface area (Å²) in [5.41, 5.74) is 1.12. The van der Waals surface area contributed by atoms with E-state index in [1.807, 2.05) is 25.2 Å². The van der Waals surface area contributed by atoms with Crippen LogP contribution in [0.15, 0.2) is 18.2 Å². The van der Waals surface area contributed by atoms with Crippen molar-refractivity contribution in [1.82, 2.24) is 5.32 Å². The maximum absolute atomic E-state index is 8.37. The molecule has 1 aromatic carbocycles. The van der Waals surface area contributed by atoms with E-state index in [2.05, 4.69) is 11.4 Å². The van der Waals surface area contributed by atoms with E-state index in [0.717, 1.165) is 18.5 Å². The minimum atomic E-state index is 0.509. The Morgan fingerprint density at radius 2 is 2.31 bits per heavy atom. The third-order valence-corrected chi connectivity index (χ3v) is 2.36. The van der Waals surface area contributed by atoms with Crippen LogP contribution in [-0.4, -0.2) is 13.7 Å². The molecule has 86 valence electrons. The van der Waals surface area contributed by atoms with Crippen LogP contribution in [0.2, 0.25) is 5.02 Å². The number of benzene rings is 1. The lowest BCUT2D eigenvalue weighted by Gasteiger charge is -2.08. The average Bonchev–Trinajstić information content (AvgIpc) is 2.27. The van der Waals surface area contributed by atoms with Crippen molar-refractivity contribution in [2.24, 2.45) is 0 Å². The smallest absolute Gasteiger partial charge is 0.137 e. The van der Waals surface area contributed by atoms with Crippen molar-refractivity contribution in [3.05, 3.63) is 28.8 Å². The van der Waals surface area contributed by atoms with Gasteiger partial charge in [0.1, 0.15) is 5.75 Å². The monoisotopic (exact) mass is 238 g/mol. The highest BCUT2D eigenvalue weighted by Crippen LogP contribution is 2.25. The SMILES string of the molecule is CNCc1ccc(OCCCC#N)c(Cl)c1. The zero-order chi connectivity index (χ0) is 11.8. The molecule has 1 N–H and O–H groups in total. The Balaban J connectivity index is 2.51. The van der Waals surface area contributed by atoms with E-state index >= 15 is 0 Å². The number of rotatable bonds is 6. The van der Waals surface area contributed by atoms with Gasteiger partial charge in [-0.05, 0) is 31.2 Å². The molecular formula is C12H15ClN2O. The number of ether oxygens (including phenoxy) is 1. The molecule has 4 heteroatoms. The lowest BCUT2D eigenvalue weighted by Crippen LogP contribution is -2.05. The van der Waals surface area contributed by atoms with Crippen LogP contribution in [-0.2, 0) is 6.54 Å². The Hall–Kier alpha value is -1.24. The molecule has 3 nitrogen and oxygen atoms in total. The van der Waals surface area contributed by atoms with Gasteiger partial charge in [0.15, 0.2) is 0 Å². The molecule has 0 unspecified atom stereocenters. The molecule has 0 aliphatic rings. The molecule has 0 spiro atoms. The molecule has 1 rings (SSSR count). The molecule has 0 saturated heterocycles. The number of nitrogens with zero attached hydrogens (tertiary/aromatic N) is 1. The van der Waals surface area contributed by atoms with Crippen LogP contribution in [0.3, 0.4) is 0 Å². The van der Waals surface area contributed by atoms with Crippen LogP contribution in [0.4, 0.5) is 0 Å². The number of nitrogens with one attached hydrogen (secondary N) is 1. The molecule has 0 atom stereocenters. The van der Waals surface area contributed by atoms with Gasteiger partial charge in [-0.2, -0.15) is 5.26 Å². The Bertz CT molecular complexity index is 374. The summed E-state index contributed by atoms with van der Waals surface area (Å²) in [6.07, 6.45) is 1.24. The maximum atomic E-state index is 8.37. The second-order valence-electron chi connectivity index (χ2n) is 3.41. The maximum Gasteiger partial charge on any atom is 0.137 e. The van der Waals surface area contributed by atoms with Crippen molar-refractivity contribution in [1.29, 1.82) is 5.26 Å². The molecule has 0 heterocycles. The van der Waals surface area contributed by atoms with Gasteiger partial charge in [0, 0.05) is 13.0 Å².